The van der Waals surface area contributed by atoms with Crippen molar-refractivity contribution in [1.29, 1.82) is 0 Å². The van der Waals surface area contributed by atoms with Crippen molar-refractivity contribution in [2.75, 3.05) is 26.5 Å². The average molecular weight is 300 g/mol. The zero-order valence-corrected chi connectivity index (χ0v) is 12.6. The van der Waals surface area contributed by atoms with Crippen LogP contribution in [0.3, 0.4) is 0 Å². The van der Waals surface area contributed by atoms with Crippen LogP contribution >= 0.6 is 12.6 Å². The maximum atomic E-state index is 11.1. The van der Waals surface area contributed by atoms with Crippen molar-refractivity contribution in [2.45, 2.75) is 19.4 Å². The van der Waals surface area contributed by atoms with Crippen LogP contribution in [0.1, 0.15) is 18.4 Å². The first-order valence-electron chi connectivity index (χ1n) is 6.35. The van der Waals surface area contributed by atoms with Gasteiger partial charge in [0.05, 0.1) is 25.2 Å². The maximum Gasteiger partial charge on any atom is 0.277 e. The second-order valence-corrected chi connectivity index (χ2v) is 4.65. The van der Waals surface area contributed by atoms with Crippen LogP contribution in [0, 0.1) is 10.1 Å². The van der Waals surface area contributed by atoms with Gasteiger partial charge >= 0.3 is 0 Å². The standard InChI is InChI=1S/C13H20N2O4S/c1-18-12-7-10(9-14-5-3-4-6-20)11(15(16)17)8-13(12)19-2/h7-8,14,20H,3-6,9H2,1-2H3. The Morgan fingerprint density at radius 1 is 1.25 bits per heavy atom. The molecule has 0 spiro atoms. The molecule has 0 aliphatic carbocycles. The van der Waals surface area contributed by atoms with Gasteiger partial charge in [-0.1, -0.05) is 0 Å². The highest BCUT2D eigenvalue weighted by molar-refractivity contribution is 7.80. The molecule has 7 heteroatoms. The van der Waals surface area contributed by atoms with Gasteiger partial charge < -0.3 is 14.8 Å². The SMILES string of the molecule is COc1cc(CNCCCCS)c([N+](=O)[O-])cc1OC. The summed E-state index contributed by atoms with van der Waals surface area (Å²) in [5.74, 6) is 1.70. The van der Waals surface area contributed by atoms with Crippen molar-refractivity contribution in [2.24, 2.45) is 0 Å². The Hall–Kier alpha value is -1.47. The molecule has 1 aromatic carbocycles. The van der Waals surface area contributed by atoms with Crippen LogP contribution in [0.4, 0.5) is 5.69 Å². The number of methoxy groups -OCH3 is 2. The van der Waals surface area contributed by atoms with Gasteiger partial charge in [0.15, 0.2) is 11.5 Å². The molecule has 1 rings (SSSR count). The summed E-state index contributed by atoms with van der Waals surface area (Å²) in [7, 11) is 2.96. The van der Waals surface area contributed by atoms with E-state index in [4.69, 9.17) is 9.47 Å². The maximum absolute atomic E-state index is 11.1. The lowest BCUT2D eigenvalue weighted by molar-refractivity contribution is -0.385. The highest BCUT2D eigenvalue weighted by atomic mass is 32.1. The Morgan fingerprint density at radius 3 is 2.45 bits per heavy atom. The van der Waals surface area contributed by atoms with E-state index < -0.39 is 4.92 Å². The van der Waals surface area contributed by atoms with Gasteiger partial charge in [-0.2, -0.15) is 12.6 Å². The Kier molecular flexibility index (Phi) is 7.17. The van der Waals surface area contributed by atoms with Crippen molar-refractivity contribution in [3.05, 3.63) is 27.8 Å². The van der Waals surface area contributed by atoms with Crippen LogP contribution in [0.5, 0.6) is 11.5 Å². The van der Waals surface area contributed by atoms with E-state index >= 15 is 0 Å². The smallest absolute Gasteiger partial charge is 0.277 e. The minimum atomic E-state index is -0.410. The van der Waals surface area contributed by atoms with E-state index in [0.29, 0.717) is 23.6 Å². The molecular formula is C13H20N2O4S. The second kappa shape index (κ2) is 8.65. The number of ether oxygens (including phenoxy) is 2. The highest BCUT2D eigenvalue weighted by Gasteiger charge is 2.18. The fourth-order valence-corrected chi connectivity index (χ4v) is 2.03. The average Bonchev–Trinajstić information content (AvgIpc) is 2.46. The fourth-order valence-electron chi connectivity index (χ4n) is 1.81. The molecule has 0 aliphatic rings. The summed E-state index contributed by atoms with van der Waals surface area (Å²) in [6, 6.07) is 3.03. The summed E-state index contributed by atoms with van der Waals surface area (Å²) < 4.78 is 10.3. The lowest BCUT2D eigenvalue weighted by Gasteiger charge is -2.11. The summed E-state index contributed by atoms with van der Waals surface area (Å²) in [6.07, 6.45) is 2.01. The van der Waals surface area contributed by atoms with Gasteiger partial charge in [-0.3, -0.25) is 10.1 Å². The molecule has 112 valence electrons. The molecule has 0 saturated heterocycles. The first-order chi connectivity index (χ1) is 9.63. The molecule has 0 saturated carbocycles. The van der Waals surface area contributed by atoms with E-state index in [1.165, 1.54) is 20.3 Å². The number of nitrogens with zero attached hydrogens (tertiary/aromatic N) is 1. The predicted octanol–water partition coefficient (Wildman–Crippen LogP) is 2.41. The Morgan fingerprint density at radius 2 is 1.90 bits per heavy atom. The lowest BCUT2D eigenvalue weighted by Crippen LogP contribution is -2.16. The Balaban J connectivity index is 2.84. The summed E-state index contributed by atoms with van der Waals surface area (Å²) in [5.41, 5.74) is 0.614. The normalized spacial score (nSPS) is 10.3. The summed E-state index contributed by atoms with van der Waals surface area (Å²) >= 11 is 4.14. The molecule has 0 heterocycles. The van der Waals surface area contributed by atoms with Crippen molar-refractivity contribution in [3.63, 3.8) is 0 Å². The number of hydrogen-bond donors (Lipinski definition) is 2. The number of hydrogen-bond acceptors (Lipinski definition) is 6. The fraction of sp³-hybridized carbons (Fsp3) is 0.538. The van der Waals surface area contributed by atoms with Gasteiger partial charge in [-0.15, -0.1) is 0 Å². The molecule has 1 aromatic rings. The molecule has 20 heavy (non-hydrogen) atoms. The first kappa shape index (κ1) is 16.6. The van der Waals surface area contributed by atoms with Crippen LogP contribution in [-0.2, 0) is 6.54 Å². The molecule has 0 fully saturated rings. The van der Waals surface area contributed by atoms with Crippen molar-refractivity contribution in [1.82, 2.24) is 5.32 Å². The Bertz CT molecular complexity index is 454. The number of benzene rings is 1. The molecule has 6 nitrogen and oxygen atoms in total. The first-order valence-corrected chi connectivity index (χ1v) is 6.98. The number of thiol groups is 1. The zero-order chi connectivity index (χ0) is 15.0. The lowest BCUT2D eigenvalue weighted by atomic mass is 10.1. The molecular weight excluding hydrogens is 280 g/mol. The van der Waals surface area contributed by atoms with Gasteiger partial charge in [0.1, 0.15) is 0 Å². The number of nitro benzene ring substituents is 1. The topological polar surface area (TPSA) is 73.6 Å². The van der Waals surface area contributed by atoms with E-state index in [1.54, 1.807) is 6.07 Å². The third-order valence-corrected chi connectivity index (χ3v) is 3.17. The van der Waals surface area contributed by atoms with Gasteiger partial charge in [0, 0.05) is 12.1 Å². The van der Waals surface area contributed by atoms with E-state index in [-0.39, 0.29) is 5.69 Å². The van der Waals surface area contributed by atoms with Gasteiger partial charge in [-0.25, -0.2) is 0 Å². The summed E-state index contributed by atoms with van der Waals surface area (Å²) in [6.45, 7) is 1.22. The van der Waals surface area contributed by atoms with Gasteiger partial charge in [0.25, 0.3) is 5.69 Å². The van der Waals surface area contributed by atoms with Gasteiger partial charge in [-0.05, 0) is 31.2 Å². The molecule has 0 aliphatic heterocycles. The minimum Gasteiger partial charge on any atom is -0.493 e. The second-order valence-electron chi connectivity index (χ2n) is 4.20. The quantitative estimate of drug-likeness (QED) is 0.317. The number of unbranched alkanes of at least 4 members (excludes halogenated alkanes) is 1. The van der Waals surface area contributed by atoms with Crippen LogP contribution in [0.15, 0.2) is 12.1 Å². The molecule has 0 radical (unpaired) electrons. The van der Waals surface area contributed by atoms with E-state index in [0.717, 1.165) is 25.1 Å². The zero-order valence-electron chi connectivity index (χ0n) is 11.7. The van der Waals surface area contributed by atoms with Crippen molar-refractivity contribution < 1.29 is 14.4 Å². The van der Waals surface area contributed by atoms with Crippen LogP contribution in [0.25, 0.3) is 0 Å². The summed E-state index contributed by atoms with van der Waals surface area (Å²) in [5, 5.41) is 14.3. The van der Waals surface area contributed by atoms with Gasteiger partial charge in [0.2, 0.25) is 0 Å². The van der Waals surface area contributed by atoms with Crippen molar-refractivity contribution >= 4 is 18.3 Å². The third kappa shape index (κ3) is 4.57. The minimum absolute atomic E-state index is 0.0318. The molecule has 0 amide bonds. The monoisotopic (exact) mass is 300 g/mol. The van der Waals surface area contributed by atoms with E-state index in [9.17, 15) is 10.1 Å². The predicted molar refractivity (Wildman–Crippen MR) is 81.0 cm³/mol. The number of nitro groups is 1. The molecule has 0 unspecified atom stereocenters. The third-order valence-electron chi connectivity index (χ3n) is 2.86. The number of nitrogens with one attached hydrogen (secondary N) is 1. The van der Waals surface area contributed by atoms with Crippen molar-refractivity contribution in [3.8, 4) is 11.5 Å². The molecule has 1 N–H and O–H groups in total. The molecule has 0 atom stereocenters. The van der Waals surface area contributed by atoms with E-state index in [1.807, 2.05) is 0 Å². The highest BCUT2D eigenvalue weighted by Crippen LogP contribution is 2.34. The summed E-state index contributed by atoms with van der Waals surface area (Å²) in [4.78, 5) is 10.7. The van der Waals surface area contributed by atoms with Crippen LogP contribution in [-0.4, -0.2) is 31.4 Å². The molecule has 0 bridgehead atoms. The largest absolute Gasteiger partial charge is 0.493 e. The number of rotatable bonds is 9. The Labute approximate surface area is 124 Å². The van der Waals surface area contributed by atoms with Crippen LogP contribution < -0.4 is 14.8 Å². The molecule has 0 aromatic heterocycles. The van der Waals surface area contributed by atoms with Crippen LogP contribution in [0.2, 0.25) is 0 Å². The van der Waals surface area contributed by atoms with E-state index in [2.05, 4.69) is 17.9 Å².